The number of rotatable bonds is 12. The molecule has 0 bridgehead atoms. The number of morpholine rings is 1. The Hall–Kier alpha value is -2.64. The van der Waals surface area contributed by atoms with Crippen molar-refractivity contribution in [1.82, 2.24) is 9.88 Å². The van der Waals surface area contributed by atoms with Crippen LogP contribution < -0.4 is 15.0 Å². The zero-order valence-corrected chi connectivity index (χ0v) is 23.5. The van der Waals surface area contributed by atoms with Gasteiger partial charge in [-0.15, -0.1) is 0 Å². The van der Waals surface area contributed by atoms with Crippen LogP contribution in [0.4, 0.5) is 11.5 Å². The second-order valence-electron chi connectivity index (χ2n) is 8.43. The molecule has 0 unspecified atom stereocenters. The van der Waals surface area contributed by atoms with Crippen molar-refractivity contribution in [2.45, 2.75) is 54.4 Å². The maximum Gasteiger partial charge on any atom is 0.217 e. The first-order chi connectivity index (χ1) is 17.6. The van der Waals surface area contributed by atoms with E-state index in [2.05, 4.69) is 53.0 Å². The Labute approximate surface area is 219 Å². The standard InChI is InChI=1S/C19H34N4O2.C8H9N.C2H6/c1-4-7-23(8-5-2)17-15-18(20-6-3)21-19(16-17)25-14-11-22-9-12-24-13-10-22;1-7-3-2-4-8(5-7)6-9;1-2/h15-16H,4-14H2,1-3H3,(H,20,21);2-6,9H,1H3;1-2H3. The molecule has 2 heterocycles. The van der Waals surface area contributed by atoms with Gasteiger partial charge in [-0.1, -0.05) is 57.5 Å². The van der Waals surface area contributed by atoms with Gasteiger partial charge in [-0.05, 0) is 32.3 Å². The lowest BCUT2D eigenvalue weighted by molar-refractivity contribution is 0.0320. The number of benzene rings is 1. The first kappa shape index (κ1) is 31.4. The van der Waals surface area contributed by atoms with Gasteiger partial charge < -0.3 is 25.1 Å². The first-order valence-corrected chi connectivity index (χ1v) is 13.6. The van der Waals surface area contributed by atoms with E-state index in [9.17, 15) is 0 Å². The molecule has 202 valence electrons. The highest BCUT2D eigenvalue weighted by atomic mass is 16.5. The van der Waals surface area contributed by atoms with Crippen LogP contribution in [0.5, 0.6) is 5.88 Å². The maximum atomic E-state index is 6.92. The summed E-state index contributed by atoms with van der Waals surface area (Å²) in [5, 5.41) is 10.2. The molecule has 0 saturated carbocycles. The summed E-state index contributed by atoms with van der Waals surface area (Å²) in [4.78, 5) is 9.39. The molecule has 1 aromatic carbocycles. The van der Waals surface area contributed by atoms with Crippen LogP contribution in [0.2, 0.25) is 0 Å². The molecule has 1 fully saturated rings. The van der Waals surface area contributed by atoms with Crippen LogP contribution in [0.25, 0.3) is 0 Å². The molecule has 0 amide bonds. The highest BCUT2D eigenvalue weighted by Crippen LogP contribution is 2.24. The van der Waals surface area contributed by atoms with E-state index >= 15 is 0 Å². The Morgan fingerprint density at radius 2 is 1.78 bits per heavy atom. The number of aromatic nitrogens is 1. The van der Waals surface area contributed by atoms with Crippen molar-refractivity contribution in [1.29, 1.82) is 5.41 Å². The molecule has 0 spiro atoms. The molecule has 1 aliphatic rings. The molecule has 0 radical (unpaired) electrons. The fraction of sp³-hybridized carbons (Fsp3) is 0.586. The molecule has 2 N–H and O–H groups in total. The number of nitrogens with zero attached hydrogens (tertiary/aromatic N) is 3. The molecule has 7 nitrogen and oxygen atoms in total. The normalized spacial score (nSPS) is 12.9. The number of hydrogen-bond acceptors (Lipinski definition) is 7. The zero-order chi connectivity index (χ0) is 26.6. The third-order valence-electron chi connectivity index (χ3n) is 5.47. The van der Waals surface area contributed by atoms with Gasteiger partial charge in [0.25, 0.3) is 0 Å². The number of pyridine rings is 1. The lowest BCUT2D eigenvalue weighted by atomic mass is 10.2. The molecule has 1 aliphatic heterocycles. The van der Waals surface area contributed by atoms with Crippen LogP contribution in [-0.2, 0) is 4.74 Å². The second kappa shape index (κ2) is 19.5. The molecule has 1 saturated heterocycles. The predicted molar refractivity (Wildman–Crippen MR) is 154 cm³/mol. The smallest absolute Gasteiger partial charge is 0.217 e. The summed E-state index contributed by atoms with van der Waals surface area (Å²) >= 11 is 0. The number of aryl methyl sites for hydroxylation is 1. The Balaban J connectivity index is 0.000000491. The maximum absolute atomic E-state index is 6.92. The van der Waals surface area contributed by atoms with E-state index in [-0.39, 0.29) is 0 Å². The summed E-state index contributed by atoms with van der Waals surface area (Å²) in [5.74, 6) is 1.59. The van der Waals surface area contributed by atoms with Crippen LogP contribution >= 0.6 is 0 Å². The lowest BCUT2D eigenvalue weighted by Crippen LogP contribution is -2.38. The van der Waals surface area contributed by atoms with E-state index in [4.69, 9.17) is 14.9 Å². The number of nitrogens with one attached hydrogen (secondary N) is 2. The van der Waals surface area contributed by atoms with Gasteiger partial charge in [0.05, 0.1) is 13.2 Å². The zero-order valence-electron chi connectivity index (χ0n) is 23.5. The average Bonchev–Trinajstić information content (AvgIpc) is 2.91. The molecule has 0 aliphatic carbocycles. The van der Waals surface area contributed by atoms with Crippen molar-refractivity contribution in [2.75, 3.05) is 69.3 Å². The molecular weight excluding hydrogens is 450 g/mol. The summed E-state index contributed by atoms with van der Waals surface area (Å²) in [5.41, 5.74) is 3.36. The van der Waals surface area contributed by atoms with Gasteiger partial charge in [0, 0.05) is 63.3 Å². The van der Waals surface area contributed by atoms with Gasteiger partial charge in [-0.25, -0.2) is 0 Å². The van der Waals surface area contributed by atoms with Crippen molar-refractivity contribution in [3.8, 4) is 5.88 Å². The van der Waals surface area contributed by atoms with Gasteiger partial charge in [0.2, 0.25) is 5.88 Å². The van der Waals surface area contributed by atoms with Gasteiger partial charge in [-0.3, -0.25) is 4.90 Å². The fourth-order valence-corrected chi connectivity index (χ4v) is 3.79. The predicted octanol–water partition coefficient (Wildman–Crippen LogP) is 5.87. The van der Waals surface area contributed by atoms with E-state index in [1.54, 1.807) is 0 Å². The van der Waals surface area contributed by atoms with Gasteiger partial charge in [0.15, 0.2) is 0 Å². The molecule has 3 rings (SSSR count). The van der Waals surface area contributed by atoms with Gasteiger partial charge in [0.1, 0.15) is 12.4 Å². The van der Waals surface area contributed by atoms with Crippen LogP contribution in [0.1, 0.15) is 58.6 Å². The Bertz CT molecular complexity index is 834. The van der Waals surface area contributed by atoms with E-state index < -0.39 is 0 Å². The fourth-order valence-electron chi connectivity index (χ4n) is 3.79. The first-order valence-electron chi connectivity index (χ1n) is 13.6. The van der Waals surface area contributed by atoms with Crippen LogP contribution in [0.15, 0.2) is 36.4 Å². The Morgan fingerprint density at radius 1 is 1.08 bits per heavy atom. The summed E-state index contributed by atoms with van der Waals surface area (Å²) < 4.78 is 11.4. The molecule has 36 heavy (non-hydrogen) atoms. The van der Waals surface area contributed by atoms with E-state index in [1.165, 1.54) is 17.5 Å². The van der Waals surface area contributed by atoms with Gasteiger partial charge in [-0.2, -0.15) is 4.98 Å². The Kier molecular flexibility index (Phi) is 17.0. The largest absolute Gasteiger partial charge is 0.476 e. The highest BCUT2D eigenvalue weighted by Gasteiger charge is 2.12. The molecular formula is C29H49N5O2. The minimum absolute atomic E-state index is 0.656. The van der Waals surface area contributed by atoms with Crippen molar-refractivity contribution < 1.29 is 9.47 Å². The van der Waals surface area contributed by atoms with E-state index in [0.717, 1.165) is 76.7 Å². The monoisotopic (exact) mass is 499 g/mol. The lowest BCUT2D eigenvalue weighted by Gasteiger charge is -2.27. The highest BCUT2D eigenvalue weighted by molar-refractivity contribution is 5.76. The van der Waals surface area contributed by atoms with E-state index in [1.807, 2.05) is 45.0 Å². The summed E-state index contributed by atoms with van der Waals surface area (Å²) in [6.45, 7) is 20.7. The third-order valence-corrected chi connectivity index (χ3v) is 5.47. The summed E-state index contributed by atoms with van der Waals surface area (Å²) in [6, 6.07) is 12.1. The topological polar surface area (TPSA) is 73.7 Å². The average molecular weight is 500 g/mol. The van der Waals surface area contributed by atoms with E-state index in [0.29, 0.717) is 12.5 Å². The SMILES string of the molecule is CC.CCCN(CCC)c1cc(NCC)nc(OCCN2CCOCC2)c1.Cc1cccc(C=N)c1. The Morgan fingerprint density at radius 3 is 2.33 bits per heavy atom. The number of ether oxygens (including phenoxy) is 2. The third kappa shape index (κ3) is 12.4. The number of hydrogen-bond donors (Lipinski definition) is 2. The van der Waals surface area contributed by atoms with Crippen molar-refractivity contribution in [3.05, 3.63) is 47.5 Å². The van der Waals surface area contributed by atoms with Crippen LogP contribution in [-0.4, -0.2) is 75.2 Å². The number of anilines is 2. The van der Waals surface area contributed by atoms with Crippen LogP contribution in [0, 0.1) is 12.3 Å². The molecule has 0 atom stereocenters. The minimum atomic E-state index is 0.656. The molecule has 1 aromatic heterocycles. The summed E-state index contributed by atoms with van der Waals surface area (Å²) in [7, 11) is 0. The summed E-state index contributed by atoms with van der Waals surface area (Å²) in [6.07, 6.45) is 3.62. The molecule has 2 aromatic rings. The van der Waals surface area contributed by atoms with Crippen molar-refractivity contribution in [3.63, 3.8) is 0 Å². The van der Waals surface area contributed by atoms with Crippen molar-refractivity contribution in [2.24, 2.45) is 0 Å². The minimum Gasteiger partial charge on any atom is -0.476 e. The van der Waals surface area contributed by atoms with Gasteiger partial charge >= 0.3 is 0 Å². The van der Waals surface area contributed by atoms with Crippen LogP contribution in [0.3, 0.4) is 0 Å². The van der Waals surface area contributed by atoms with Crippen molar-refractivity contribution >= 4 is 17.7 Å². The molecule has 7 heteroatoms. The second-order valence-corrected chi connectivity index (χ2v) is 8.43. The quantitative estimate of drug-likeness (QED) is 0.356.